The minimum atomic E-state index is -0.346. The monoisotopic (exact) mass is 435 g/mol. The summed E-state index contributed by atoms with van der Waals surface area (Å²) in [4.78, 5) is 16.8. The number of nitro benzene ring substituents is 1. The smallest absolute Gasteiger partial charge is 0.269 e. The first-order valence-corrected chi connectivity index (χ1v) is 12.0. The Hall–Kier alpha value is -2.73. The molecule has 0 amide bonds. The maximum absolute atomic E-state index is 11.1. The second-order valence-corrected chi connectivity index (χ2v) is 9.37. The summed E-state index contributed by atoms with van der Waals surface area (Å²) in [6.07, 6.45) is 8.67. The second-order valence-electron chi connectivity index (χ2n) is 8.53. The van der Waals surface area contributed by atoms with Crippen LogP contribution in [0.15, 0.2) is 52.8 Å². The lowest BCUT2D eigenvalue weighted by Crippen LogP contribution is -2.22. The van der Waals surface area contributed by atoms with Crippen molar-refractivity contribution in [1.82, 2.24) is 4.57 Å². The molecule has 0 N–H and O–H groups in total. The van der Waals surface area contributed by atoms with Crippen LogP contribution < -0.4 is 4.80 Å². The molecule has 1 saturated carbocycles. The Morgan fingerprint density at radius 2 is 1.58 bits per heavy atom. The predicted octanol–water partition coefficient (Wildman–Crippen LogP) is 7.26. The van der Waals surface area contributed by atoms with E-state index in [0.29, 0.717) is 6.04 Å². The molecule has 31 heavy (non-hydrogen) atoms. The van der Waals surface area contributed by atoms with Crippen LogP contribution in [-0.4, -0.2) is 9.49 Å². The molecular weight excluding hydrogens is 406 g/mol. The van der Waals surface area contributed by atoms with Gasteiger partial charge < -0.3 is 4.57 Å². The molecule has 0 atom stereocenters. The molecule has 1 fully saturated rings. The number of nitro groups is 1. The fraction of sp³-hybridized carbons (Fsp3) is 0.400. The third kappa shape index (κ3) is 5.13. The van der Waals surface area contributed by atoms with Crippen LogP contribution in [-0.2, 0) is 0 Å². The maximum Gasteiger partial charge on any atom is 0.269 e. The highest BCUT2D eigenvalue weighted by atomic mass is 32.1. The highest BCUT2D eigenvalue weighted by Gasteiger charge is 2.19. The van der Waals surface area contributed by atoms with Gasteiger partial charge in [-0.25, -0.2) is 4.99 Å². The van der Waals surface area contributed by atoms with E-state index in [1.54, 1.807) is 23.5 Å². The Balaban J connectivity index is 1.83. The van der Waals surface area contributed by atoms with Gasteiger partial charge in [-0.1, -0.05) is 38.2 Å². The van der Waals surface area contributed by atoms with E-state index >= 15 is 0 Å². The van der Waals surface area contributed by atoms with Crippen molar-refractivity contribution in [3.05, 3.63) is 73.9 Å². The summed E-state index contributed by atoms with van der Waals surface area (Å²) < 4.78 is 2.40. The van der Waals surface area contributed by atoms with Gasteiger partial charge in [0.25, 0.3) is 5.69 Å². The van der Waals surface area contributed by atoms with Crippen LogP contribution in [0.5, 0.6) is 0 Å². The summed E-state index contributed by atoms with van der Waals surface area (Å²) in [6, 6.07) is 13.7. The largest absolute Gasteiger partial charge is 0.313 e. The van der Waals surface area contributed by atoms with Gasteiger partial charge >= 0.3 is 0 Å². The Labute approximate surface area is 187 Å². The van der Waals surface area contributed by atoms with E-state index in [-0.39, 0.29) is 10.6 Å². The average molecular weight is 436 g/mol. The summed E-state index contributed by atoms with van der Waals surface area (Å²) in [5, 5.41) is 13.2. The van der Waals surface area contributed by atoms with Gasteiger partial charge in [-0.2, -0.15) is 0 Å². The molecule has 6 heteroatoms. The van der Waals surface area contributed by atoms with Crippen LogP contribution in [0.4, 0.5) is 11.4 Å². The predicted molar refractivity (Wildman–Crippen MR) is 127 cm³/mol. The number of rotatable bonds is 4. The van der Waals surface area contributed by atoms with Crippen molar-refractivity contribution >= 4 is 22.7 Å². The van der Waals surface area contributed by atoms with Crippen LogP contribution in [0.1, 0.15) is 62.1 Å². The standard InChI is InChI=1S/C25H29N3O2S/c1-18-14-19(2)16-21(15-18)26-25-27(22-8-6-4-3-5-7-9-22)24(17-31-25)20-10-12-23(13-11-20)28(29)30/h10-17,22H,3-9H2,1-2H3. The lowest BCUT2D eigenvalue weighted by Gasteiger charge is -2.23. The SMILES string of the molecule is Cc1cc(C)cc(N=c2scc(-c3ccc([N+](=O)[O-])cc3)n2C2CCCCCCC2)c1. The van der Waals surface area contributed by atoms with Gasteiger partial charge in [-0.3, -0.25) is 10.1 Å². The number of non-ortho nitro benzene ring substituents is 1. The molecule has 0 saturated heterocycles. The first-order valence-electron chi connectivity index (χ1n) is 11.1. The number of thiazole rings is 1. The second kappa shape index (κ2) is 9.60. The van der Waals surface area contributed by atoms with Crippen molar-refractivity contribution in [3.63, 3.8) is 0 Å². The first-order chi connectivity index (χ1) is 15.0. The minimum Gasteiger partial charge on any atom is -0.313 e. The molecule has 1 heterocycles. The van der Waals surface area contributed by atoms with E-state index in [1.165, 1.54) is 43.2 Å². The molecule has 1 aliphatic carbocycles. The minimum absolute atomic E-state index is 0.122. The maximum atomic E-state index is 11.1. The van der Waals surface area contributed by atoms with Crippen LogP contribution >= 0.6 is 11.3 Å². The van der Waals surface area contributed by atoms with Gasteiger partial charge in [0.1, 0.15) is 0 Å². The van der Waals surface area contributed by atoms with Crippen LogP contribution in [0.3, 0.4) is 0 Å². The highest BCUT2D eigenvalue weighted by Crippen LogP contribution is 2.32. The topological polar surface area (TPSA) is 60.4 Å². The van der Waals surface area contributed by atoms with Crippen molar-refractivity contribution < 1.29 is 4.92 Å². The number of hydrogen-bond acceptors (Lipinski definition) is 4. The lowest BCUT2D eigenvalue weighted by molar-refractivity contribution is -0.384. The third-order valence-corrected chi connectivity index (χ3v) is 6.83. The molecule has 2 aromatic carbocycles. The number of benzene rings is 2. The number of aryl methyl sites for hydroxylation is 2. The quantitative estimate of drug-likeness (QED) is 0.320. The van der Waals surface area contributed by atoms with Crippen LogP contribution in [0.25, 0.3) is 11.3 Å². The number of aromatic nitrogens is 1. The zero-order valence-corrected chi connectivity index (χ0v) is 19.0. The molecule has 1 aliphatic rings. The van der Waals surface area contributed by atoms with Gasteiger partial charge in [0, 0.05) is 23.6 Å². The highest BCUT2D eigenvalue weighted by molar-refractivity contribution is 7.07. The molecule has 5 nitrogen and oxygen atoms in total. The summed E-state index contributed by atoms with van der Waals surface area (Å²) in [5.41, 5.74) is 5.64. The molecule has 4 rings (SSSR count). The molecule has 0 bridgehead atoms. The van der Waals surface area contributed by atoms with Crippen molar-refractivity contribution in [2.45, 2.75) is 64.8 Å². The molecule has 0 radical (unpaired) electrons. The van der Waals surface area contributed by atoms with E-state index in [0.717, 1.165) is 34.6 Å². The summed E-state index contributed by atoms with van der Waals surface area (Å²) in [5.74, 6) is 0. The van der Waals surface area contributed by atoms with E-state index < -0.39 is 0 Å². The fourth-order valence-corrected chi connectivity index (χ4v) is 5.52. The Morgan fingerprint density at radius 3 is 2.19 bits per heavy atom. The molecule has 1 aromatic heterocycles. The van der Waals surface area contributed by atoms with Gasteiger partial charge in [-0.15, -0.1) is 11.3 Å². The lowest BCUT2D eigenvalue weighted by atomic mass is 9.96. The van der Waals surface area contributed by atoms with Crippen molar-refractivity contribution in [1.29, 1.82) is 0 Å². The molecule has 162 valence electrons. The average Bonchev–Trinajstić information content (AvgIpc) is 3.10. The van der Waals surface area contributed by atoms with E-state index in [2.05, 4.69) is 42.0 Å². The van der Waals surface area contributed by atoms with Crippen LogP contribution in [0.2, 0.25) is 0 Å². The summed E-state index contributed by atoms with van der Waals surface area (Å²) in [6.45, 7) is 4.21. The van der Waals surface area contributed by atoms with Crippen molar-refractivity contribution in [2.24, 2.45) is 4.99 Å². The van der Waals surface area contributed by atoms with Gasteiger partial charge in [0.2, 0.25) is 0 Å². The Kier molecular flexibility index (Phi) is 6.66. The Bertz CT molecular complexity index is 1100. The molecule has 3 aromatic rings. The van der Waals surface area contributed by atoms with Crippen molar-refractivity contribution in [3.8, 4) is 11.3 Å². The summed E-state index contributed by atoms with van der Waals surface area (Å²) >= 11 is 1.66. The molecule has 0 spiro atoms. The van der Waals surface area contributed by atoms with Gasteiger partial charge in [-0.05, 0) is 67.6 Å². The molecule has 0 aliphatic heterocycles. The third-order valence-electron chi connectivity index (χ3n) is 5.99. The van der Waals surface area contributed by atoms with Gasteiger partial charge in [0.05, 0.1) is 16.3 Å². The van der Waals surface area contributed by atoms with Crippen molar-refractivity contribution in [2.75, 3.05) is 0 Å². The summed E-state index contributed by atoms with van der Waals surface area (Å²) in [7, 11) is 0. The fourth-order valence-electron chi connectivity index (χ4n) is 4.54. The number of hydrogen-bond donors (Lipinski definition) is 0. The number of nitrogens with zero attached hydrogens (tertiary/aromatic N) is 3. The Morgan fingerprint density at radius 1 is 0.968 bits per heavy atom. The van der Waals surface area contributed by atoms with Crippen LogP contribution in [0, 0.1) is 24.0 Å². The zero-order valence-electron chi connectivity index (χ0n) is 18.2. The zero-order chi connectivity index (χ0) is 21.8. The van der Waals surface area contributed by atoms with E-state index in [1.807, 2.05) is 12.1 Å². The van der Waals surface area contributed by atoms with E-state index in [4.69, 9.17) is 4.99 Å². The normalized spacial score (nSPS) is 16.1. The van der Waals surface area contributed by atoms with Gasteiger partial charge in [0.15, 0.2) is 4.80 Å². The molecular formula is C25H29N3O2S. The molecule has 0 unspecified atom stereocenters. The van der Waals surface area contributed by atoms with E-state index in [9.17, 15) is 10.1 Å². The first kappa shape index (κ1) is 21.5.